The Morgan fingerprint density at radius 1 is 0.878 bits per heavy atom. The zero-order valence-corrected chi connectivity index (χ0v) is 23.3. The summed E-state index contributed by atoms with van der Waals surface area (Å²) in [6, 6.07) is 22.1. The van der Waals surface area contributed by atoms with Crippen molar-refractivity contribution in [1.82, 2.24) is 14.7 Å². The van der Waals surface area contributed by atoms with Gasteiger partial charge >= 0.3 is 12.2 Å². The molecule has 3 amide bonds. The first kappa shape index (κ1) is 29.4. The summed E-state index contributed by atoms with van der Waals surface area (Å²) in [4.78, 5) is 27.9. The van der Waals surface area contributed by atoms with Gasteiger partial charge in [0.15, 0.2) is 0 Å². The molecule has 0 radical (unpaired) electrons. The van der Waals surface area contributed by atoms with E-state index in [1.54, 1.807) is 4.68 Å². The molecule has 0 saturated heterocycles. The van der Waals surface area contributed by atoms with Crippen LogP contribution in [0.2, 0.25) is 0 Å². The Morgan fingerprint density at radius 2 is 1.56 bits per heavy atom. The van der Waals surface area contributed by atoms with Crippen molar-refractivity contribution >= 4 is 23.4 Å². The smallest absolute Gasteiger partial charge is 0.311 e. The van der Waals surface area contributed by atoms with Crippen LogP contribution in [0.5, 0.6) is 0 Å². The van der Waals surface area contributed by atoms with Gasteiger partial charge in [0, 0.05) is 23.7 Å². The van der Waals surface area contributed by atoms with E-state index in [-0.39, 0.29) is 24.2 Å². The number of anilines is 2. The van der Waals surface area contributed by atoms with Crippen molar-refractivity contribution in [2.24, 2.45) is 0 Å². The molecule has 10 heteroatoms. The monoisotopic (exact) mass is 563 g/mol. The second-order valence-corrected chi connectivity index (χ2v) is 10.8. The van der Waals surface area contributed by atoms with Crippen LogP contribution in [0, 0.1) is 6.92 Å². The minimum atomic E-state index is -4.49. The van der Waals surface area contributed by atoms with Crippen molar-refractivity contribution in [2.45, 2.75) is 45.8 Å². The number of hydrogen-bond donors (Lipinski definition) is 2. The van der Waals surface area contributed by atoms with Gasteiger partial charge in [0.2, 0.25) is 5.91 Å². The molecule has 4 aromatic rings. The summed E-state index contributed by atoms with van der Waals surface area (Å²) in [6.45, 7) is 7.82. The molecule has 7 nitrogen and oxygen atoms in total. The van der Waals surface area contributed by atoms with Gasteiger partial charge in [0.25, 0.3) is 0 Å². The molecule has 4 rings (SSSR count). The molecule has 1 heterocycles. The van der Waals surface area contributed by atoms with Crippen LogP contribution in [0.4, 0.5) is 29.5 Å². The van der Waals surface area contributed by atoms with E-state index in [1.807, 2.05) is 88.4 Å². The maximum absolute atomic E-state index is 13.3. The number of carbonyl (C=O) groups excluding carboxylic acids is 2. The Labute approximate surface area is 237 Å². The van der Waals surface area contributed by atoms with E-state index in [4.69, 9.17) is 5.10 Å². The molecule has 3 aromatic carbocycles. The third kappa shape index (κ3) is 7.75. The molecular formula is C31H32F3N5O2. The minimum absolute atomic E-state index is 0.102. The lowest BCUT2D eigenvalue weighted by Crippen LogP contribution is -2.40. The van der Waals surface area contributed by atoms with E-state index >= 15 is 0 Å². The summed E-state index contributed by atoms with van der Waals surface area (Å²) in [7, 11) is 0. The molecule has 1 aromatic heterocycles. The van der Waals surface area contributed by atoms with Crippen molar-refractivity contribution in [1.29, 1.82) is 0 Å². The van der Waals surface area contributed by atoms with Crippen molar-refractivity contribution in [3.8, 4) is 5.69 Å². The highest BCUT2D eigenvalue weighted by atomic mass is 19.4. The van der Waals surface area contributed by atoms with Gasteiger partial charge in [-0.25, -0.2) is 9.48 Å². The Hall–Kier alpha value is -4.60. The highest BCUT2D eigenvalue weighted by Crippen LogP contribution is 2.30. The maximum atomic E-state index is 13.3. The molecule has 0 saturated carbocycles. The molecule has 0 unspecified atom stereocenters. The lowest BCUT2D eigenvalue weighted by molar-refractivity contribution is -0.137. The fourth-order valence-electron chi connectivity index (χ4n) is 4.10. The minimum Gasteiger partial charge on any atom is -0.311 e. The first-order valence-electron chi connectivity index (χ1n) is 13.0. The van der Waals surface area contributed by atoms with E-state index < -0.39 is 23.7 Å². The molecule has 41 heavy (non-hydrogen) atoms. The molecule has 214 valence electrons. The molecule has 0 bridgehead atoms. The number of benzene rings is 3. The van der Waals surface area contributed by atoms with Crippen molar-refractivity contribution in [2.75, 3.05) is 17.2 Å². The van der Waals surface area contributed by atoms with Crippen LogP contribution >= 0.6 is 0 Å². The predicted octanol–water partition coefficient (Wildman–Crippen LogP) is 7.17. The van der Waals surface area contributed by atoms with Gasteiger partial charge in [0.1, 0.15) is 12.4 Å². The SMILES string of the molecule is Cc1cccc(-n2nc(C(C)(C)C)cc2NC(=O)CN(Cc2ccccc2)C(=O)Nc2ccc(C(F)(F)F)cc2)c1. The number of nitrogens with one attached hydrogen (secondary N) is 2. The Bertz CT molecular complexity index is 1510. The van der Waals surface area contributed by atoms with Crippen molar-refractivity contribution < 1.29 is 22.8 Å². The number of halogens is 3. The Morgan fingerprint density at radius 3 is 2.17 bits per heavy atom. The number of amides is 3. The van der Waals surface area contributed by atoms with Crippen LogP contribution in [-0.4, -0.2) is 33.2 Å². The number of hydrogen-bond acceptors (Lipinski definition) is 3. The normalized spacial score (nSPS) is 11.7. The fraction of sp³-hybridized carbons (Fsp3) is 0.258. The number of rotatable bonds is 7. The lowest BCUT2D eigenvalue weighted by Gasteiger charge is -2.23. The standard InChI is InChI=1S/C31H32F3N5O2/c1-21-9-8-12-25(17-21)39-27(18-26(37-39)30(2,3)4)36-28(40)20-38(19-22-10-6-5-7-11-22)29(41)35-24-15-13-23(14-16-24)31(32,33)34/h5-18H,19-20H2,1-4H3,(H,35,41)(H,36,40). The number of urea groups is 1. The summed E-state index contributed by atoms with van der Waals surface area (Å²) >= 11 is 0. The zero-order chi connectivity index (χ0) is 29.8. The van der Waals surface area contributed by atoms with E-state index in [0.717, 1.165) is 34.6 Å². The Kier molecular flexibility index (Phi) is 8.51. The predicted molar refractivity (Wildman–Crippen MR) is 153 cm³/mol. The molecule has 0 fully saturated rings. The Balaban J connectivity index is 1.57. The van der Waals surface area contributed by atoms with Gasteiger partial charge < -0.3 is 15.5 Å². The first-order chi connectivity index (χ1) is 19.3. The highest BCUT2D eigenvalue weighted by Gasteiger charge is 2.30. The van der Waals surface area contributed by atoms with Gasteiger partial charge in [-0.05, 0) is 54.4 Å². The molecule has 0 aliphatic heterocycles. The average Bonchev–Trinajstić information content (AvgIpc) is 3.33. The third-order valence-corrected chi connectivity index (χ3v) is 6.29. The van der Waals surface area contributed by atoms with Crippen molar-refractivity contribution in [3.63, 3.8) is 0 Å². The van der Waals surface area contributed by atoms with E-state index in [1.165, 1.54) is 17.0 Å². The van der Waals surface area contributed by atoms with Gasteiger partial charge in [-0.1, -0.05) is 63.2 Å². The fourth-order valence-corrected chi connectivity index (χ4v) is 4.10. The molecule has 0 aliphatic carbocycles. The van der Waals surface area contributed by atoms with Crippen LogP contribution in [-0.2, 0) is 22.9 Å². The number of aromatic nitrogens is 2. The summed E-state index contributed by atoms with van der Waals surface area (Å²) in [6.07, 6.45) is -4.49. The summed E-state index contributed by atoms with van der Waals surface area (Å²) < 4.78 is 40.5. The number of aryl methyl sites for hydroxylation is 1. The van der Waals surface area contributed by atoms with E-state index in [2.05, 4.69) is 10.6 Å². The van der Waals surface area contributed by atoms with Crippen LogP contribution in [0.3, 0.4) is 0 Å². The quantitative estimate of drug-likeness (QED) is 0.250. The van der Waals surface area contributed by atoms with E-state index in [0.29, 0.717) is 5.82 Å². The van der Waals surface area contributed by atoms with Crippen LogP contribution < -0.4 is 10.6 Å². The van der Waals surface area contributed by atoms with Crippen LogP contribution in [0.15, 0.2) is 84.9 Å². The average molecular weight is 564 g/mol. The topological polar surface area (TPSA) is 79.3 Å². The molecule has 0 spiro atoms. The lowest BCUT2D eigenvalue weighted by atomic mass is 9.92. The first-order valence-corrected chi connectivity index (χ1v) is 13.0. The van der Waals surface area contributed by atoms with Gasteiger partial charge in [-0.2, -0.15) is 18.3 Å². The van der Waals surface area contributed by atoms with Crippen LogP contribution in [0.25, 0.3) is 5.69 Å². The molecule has 0 aliphatic rings. The van der Waals surface area contributed by atoms with Gasteiger partial charge in [0.05, 0.1) is 16.9 Å². The summed E-state index contributed by atoms with van der Waals surface area (Å²) in [5.41, 5.74) is 2.43. The number of carbonyl (C=O) groups is 2. The zero-order valence-electron chi connectivity index (χ0n) is 23.3. The van der Waals surface area contributed by atoms with Crippen LogP contribution in [0.1, 0.15) is 43.2 Å². The second kappa shape index (κ2) is 11.9. The molecule has 2 N–H and O–H groups in total. The highest BCUT2D eigenvalue weighted by molar-refractivity contribution is 5.96. The summed E-state index contributed by atoms with van der Waals surface area (Å²) in [5, 5.41) is 10.2. The molecule has 0 atom stereocenters. The largest absolute Gasteiger partial charge is 0.416 e. The maximum Gasteiger partial charge on any atom is 0.416 e. The van der Waals surface area contributed by atoms with E-state index in [9.17, 15) is 22.8 Å². The number of alkyl halides is 3. The third-order valence-electron chi connectivity index (χ3n) is 6.29. The second-order valence-electron chi connectivity index (χ2n) is 10.8. The summed E-state index contributed by atoms with van der Waals surface area (Å²) in [5.74, 6) is -0.00824. The van der Waals surface area contributed by atoms with Gasteiger partial charge in [-0.3, -0.25) is 4.79 Å². The number of nitrogens with zero attached hydrogens (tertiary/aromatic N) is 3. The van der Waals surface area contributed by atoms with Crippen molar-refractivity contribution in [3.05, 3.63) is 107 Å². The van der Waals surface area contributed by atoms with Gasteiger partial charge in [-0.15, -0.1) is 0 Å². The molecular weight excluding hydrogens is 531 g/mol.